The minimum atomic E-state index is -3.87. The molecule has 8 nitrogen and oxygen atoms in total. The Bertz CT molecular complexity index is 1030. The maximum Gasteiger partial charge on any atom is 0.257 e. The van der Waals surface area contributed by atoms with Crippen LogP contribution >= 0.6 is 0 Å². The van der Waals surface area contributed by atoms with Crippen molar-refractivity contribution in [3.05, 3.63) is 35.9 Å². The van der Waals surface area contributed by atoms with Crippen LogP contribution in [0.2, 0.25) is 0 Å². The van der Waals surface area contributed by atoms with Crippen LogP contribution in [0.4, 0.5) is 5.69 Å². The molecule has 4 rings (SSSR count). The molecule has 31 heavy (non-hydrogen) atoms. The van der Waals surface area contributed by atoms with Gasteiger partial charge in [0, 0.05) is 12.5 Å². The van der Waals surface area contributed by atoms with E-state index in [0.29, 0.717) is 6.54 Å². The lowest BCUT2D eigenvalue weighted by atomic mass is 9.97. The average Bonchev–Trinajstić information content (AvgIpc) is 3.54. The van der Waals surface area contributed by atoms with Crippen molar-refractivity contribution < 1.29 is 22.8 Å². The summed E-state index contributed by atoms with van der Waals surface area (Å²) < 4.78 is 22.9. The van der Waals surface area contributed by atoms with Crippen molar-refractivity contribution in [2.45, 2.75) is 62.3 Å². The molecule has 1 atom stereocenters. The number of sulfonamides is 1. The van der Waals surface area contributed by atoms with Crippen LogP contribution in [0.1, 0.15) is 51.4 Å². The summed E-state index contributed by atoms with van der Waals surface area (Å²) in [4.78, 5) is 41.4. The van der Waals surface area contributed by atoms with Gasteiger partial charge in [-0.15, -0.1) is 0 Å². The molecule has 1 saturated heterocycles. The maximum atomic E-state index is 13.2. The van der Waals surface area contributed by atoms with Gasteiger partial charge in [0.15, 0.2) is 0 Å². The summed E-state index contributed by atoms with van der Waals surface area (Å²) in [5, 5.41) is 5.12. The number of allylic oxidation sites excluding steroid dienone is 1. The Balaban J connectivity index is 1.53. The topological polar surface area (TPSA) is 118 Å². The number of rotatable bonds is 7. The third kappa shape index (κ3) is 4.72. The number of imide groups is 1. The zero-order chi connectivity index (χ0) is 22.2. The number of carbonyl (C=O) groups excluding carboxylic acids is 3. The van der Waals surface area contributed by atoms with Crippen LogP contribution in [0.3, 0.4) is 0 Å². The molecule has 2 fully saturated rings. The van der Waals surface area contributed by atoms with Crippen LogP contribution in [-0.4, -0.2) is 43.6 Å². The monoisotopic (exact) mass is 445 g/mol. The first-order valence-electron chi connectivity index (χ1n) is 10.7. The first-order valence-corrected chi connectivity index (χ1v) is 12.3. The van der Waals surface area contributed by atoms with E-state index in [1.165, 1.54) is 36.3 Å². The predicted molar refractivity (Wildman–Crippen MR) is 114 cm³/mol. The molecule has 0 spiro atoms. The van der Waals surface area contributed by atoms with Crippen molar-refractivity contribution in [2.24, 2.45) is 11.1 Å². The third-order valence-corrected chi connectivity index (χ3v) is 7.12. The summed E-state index contributed by atoms with van der Waals surface area (Å²) in [5.74, 6) is -0.941. The number of hydrogen-bond acceptors (Lipinski definition) is 5. The number of anilines is 1. The van der Waals surface area contributed by atoms with E-state index in [1.54, 1.807) is 4.90 Å². The molecular weight excluding hydrogens is 418 g/mol. The van der Waals surface area contributed by atoms with E-state index in [0.717, 1.165) is 43.4 Å². The minimum absolute atomic E-state index is 0.0472. The Hall–Kier alpha value is -2.52. The summed E-state index contributed by atoms with van der Waals surface area (Å²) in [6.45, 7) is 0.434. The Morgan fingerprint density at radius 2 is 1.84 bits per heavy atom. The van der Waals surface area contributed by atoms with Crippen LogP contribution in [0, 0.1) is 5.92 Å². The molecule has 166 valence electrons. The average molecular weight is 446 g/mol. The first kappa shape index (κ1) is 21.7. The highest BCUT2D eigenvalue weighted by atomic mass is 32.2. The molecule has 2 aliphatic carbocycles. The molecule has 2 N–H and O–H groups in total. The fraction of sp³-hybridized carbons (Fsp3) is 0.500. The molecule has 1 unspecified atom stereocenters. The number of hydrogen-bond donors (Lipinski definition) is 1. The lowest BCUT2D eigenvalue weighted by Gasteiger charge is -2.28. The summed E-state index contributed by atoms with van der Waals surface area (Å²) in [6.07, 6.45) is 8.93. The number of carbonyl (C=O) groups is 3. The van der Waals surface area contributed by atoms with Crippen molar-refractivity contribution in [3.63, 3.8) is 0 Å². The van der Waals surface area contributed by atoms with Crippen LogP contribution < -0.4 is 10.0 Å². The fourth-order valence-electron chi connectivity index (χ4n) is 4.30. The highest BCUT2D eigenvalue weighted by Crippen LogP contribution is 2.35. The van der Waals surface area contributed by atoms with Crippen molar-refractivity contribution >= 4 is 33.4 Å². The normalized spacial score (nSPS) is 21.9. The predicted octanol–water partition coefficient (Wildman–Crippen LogP) is 2.09. The number of nitrogens with zero attached hydrogens (tertiary/aromatic N) is 2. The van der Waals surface area contributed by atoms with E-state index in [4.69, 9.17) is 5.14 Å². The van der Waals surface area contributed by atoms with Gasteiger partial charge in [0.2, 0.25) is 21.8 Å². The summed E-state index contributed by atoms with van der Waals surface area (Å²) in [7, 11) is -3.87. The van der Waals surface area contributed by atoms with Gasteiger partial charge in [0.1, 0.15) is 6.04 Å². The van der Waals surface area contributed by atoms with Gasteiger partial charge in [-0.1, -0.05) is 11.6 Å². The zero-order valence-corrected chi connectivity index (χ0v) is 18.1. The first-order chi connectivity index (χ1) is 14.8. The van der Waals surface area contributed by atoms with Crippen LogP contribution in [0.25, 0.3) is 0 Å². The molecule has 1 aromatic carbocycles. The molecule has 1 aliphatic heterocycles. The highest BCUT2D eigenvalue weighted by molar-refractivity contribution is 7.89. The number of benzene rings is 1. The molecular formula is C22H27N3O5S. The van der Waals surface area contributed by atoms with Crippen molar-refractivity contribution in [2.75, 3.05) is 11.4 Å². The standard InChI is InChI=1S/C22H27N3O5S/c23-31(29,30)18-10-8-17(9-11-18)25-20(26)14-19(22(25)28)24(21(27)16-6-7-16)13-12-15-4-2-1-3-5-15/h4,8-11,16,19H,1-3,5-7,12-14H2,(H2,23,29,30). The quantitative estimate of drug-likeness (QED) is 0.509. The van der Waals surface area contributed by atoms with Gasteiger partial charge in [0.25, 0.3) is 5.91 Å². The molecule has 0 radical (unpaired) electrons. The molecule has 0 bridgehead atoms. The summed E-state index contributed by atoms with van der Waals surface area (Å²) in [5.41, 5.74) is 1.59. The van der Waals surface area contributed by atoms with E-state index >= 15 is 0 Å². The van der Waals surface area contributed by atoms with E-state index < -0.39 is 27.9 Å². The fourth-order valence-corrected chi connectivity index (χ4v) is 4.81. The third-order valence-electron chi connectivity index (χ3n) is 6.19. The molecule has 0 aromatic heterocycles. The van der Waals surface area contributed by atoms with Crippen LogP contribution in [0.5, 0.6) is 0 Å². The van der Waals surface area contributed by atoms with Gasteiger partial charge in [-0.05, 0) is 69.2 Å². The number of amides is 3. The van der Waals surface area contributed by atoms with Gasteiger partial charge in [-0.25, -0.2) is 18.5 Å². The SMILES string of the molecule is NS(=O)(=O)c1ccc(N2C(=O)CC(N(CCC3=CCCCC3)C(=O)C3CC3)C2=O)cc1. The van der Waals surface area contributed by atoms with Gasteiger partial charge in [-0.2, -0.15) is 0 Å². The largest absolute Gasteiger partial charge is 0.330 e. The number of nitrogens with two attached hydrogens (primary N) is 1. The van der Waals surface area contributed by atoms with Crippen molar-refractivity contribution in [1.29, 1.82) is 0 Å². The van der Waals surface area contributed by atoms with Crippen LogP contribution in [-0.2, 0) is 24.4 Å². The van der Waals surface area contributed by atoms with Gasteiger partial charge >= 0.3 is 0 Å². The minimum Gasteiger partial charge on any atom is -0.330 e. The molecule has 1 saturated carbocycles. The second-order valence-electron chi connectivity index (χ2n) is 8.49. The molecule has 3 amide bonds. The molecule has 3 aliphatic rings. The van der Waals surface area contributed by atoms with Gasteiger partial charge < -0.3 is 4.90 Å². The number of primary sulfonamides is 1. The van der Waals surface area contributed by atoms with E-state index in [9.17, 15) is 22.8 Å². The maximum absolute atomic E-state index is 13.2. The smallest absolute Gasteiger partial charge is 0.257 e. The Morgan fingerprint density at radius 1 is 1.13 bits per heavy atom. The Kier molecular flexibility index (Phi) is 5.98. The molecule has 1 aromatic rings. The highest BCUT2D eigenvalue weighted by Gasteiger charge is 2.46. The van der Waals surface area contributed by atoms with E-state index in [2.05, 4.69) is 6.08 Å². The van der Waals surface area contributed by atoms with Gasteiger partial charge in [-0.3, -0.25) is 14.4 Å². The van der Waals surface area contributed by atoms with Crippen molar-refractivity contribution in [3.8, 4) is 0 Å². The Labute approximate surface area is 182 Å². The summed E-state index contributed by atoms with van der Waals surface area (Å²) in [6, 6.07) is 4.49. The second kappa shape index (κ2) is 8.55. The van der Waals surface area contributed by atoms with E-state index in [-0.39, 0.29) is 28.8 Å². The van der Waals surface area contributed by atoms with Crippen molar-refractivity contribution in [1.82, 2.24) is 4.90 Å². The second-order valence-corrected chi connectivity index (χ2v) is 10.1. The summed E-state index contributed by atoms with van der Waals surface area (Å²) >= 11 is 0. The lowest BCUT2D eigenvalue weighted by Crippen LogP contribution is -2.46. The molecule has 1 heterocycles. The molecule has 9 heteroatoms. The van der Waals surface area contributed by atoms with Crippen LogP contribution in [0.15, 0.2) is 40.8 Å². The Morgan fingerprint density at radius 3 is 2.42 bits per heavy atom. The lowest BCUT2D eigenvalue weighted by molar-refractivity contribution is -0.139. The van der Waals surface area contributed by atoms with E-state index in [1.807, 2.05) is 0 Å². The van der Waals surface area contributed by atoms with Gasteiger partial charge in [0.05, 0.1) is 17.0 Å². The zero-order valence-electron chi connectivity index (χ0n) is 17.3.